The molecule has 0 fully saturated rings. The standard InChI is InChI=1S/C25H28ClN5.C23H24ClN5.3C2HF3O2.C2H4O.CH4O.2CH4.6B/c1-3-30-12-9-18(10-13-30)19-7-8-22-23(15-19)24(27-21-6-4-5-20(26)16-21)11-14-31-25(22)17(2)28-29-31;1-15-23-20-6-5-17(16-7-10-25-11-8-16)13-21(20)22(9-12-29(23)28-27-15)26-19-4-2-3-18(24)14-19;3*3-2(4,5)1(6)7;1-2-3;1-2;;;;;;;;/h4-9,15-16,24,27H,3,10-14H2,1-2H3;2-7,13-14,22,25-26H,8-12H2,1H3;3*(H,6,7);2H,1H3;2H,1H3;2*1H4;;;;;;. The predicted octanol–water partition coefficient (Wildman–Crippen LogP) is 11.1. The number of alkyl halides is 9. The summed E-state index contributed by atoms with van der Waals surface area (Å²) in [4.78, 5) is 38.0. The predicted molar refractivity (Wildman–Crippen MR) is 354 cm³/mol. The van der Waals surface area contributed by atoms with Gasteiger partial charge in [-0.3, -0.25) is 4.90 Å². The summed E-state index contributed by atoms with van der Waals surface area (Å²) < 4.78 is 99.3. The first kappa shape index (κ1) is 95.2. The minimum absolute atomic E-state index is 0. The molecule has 4 aromatic carbocycles. The Kier molecular flexibility index (Phi) is 44.8. The van der Waals surface area contributed by atoms with Crippen molar-refractivity contribution in [2.45, 2.75) is 112 Å². The van der Waals surface area contributed by atoms with E-state index in [2.05, 4.69) is 109 Å². The van der Waals surface area contributed by atoms with E-state index in [9.17, 15) is 39.5 Å². The number of aldehydes is 1. The zero-order valence-corrected chi connectivity index (χ0v) is 51.9. The van der Waals surface area contributed by atoms with Gasteiger partial charge in [-0.1, -0.05) is 104 Å². The molecule has 0 saturated carbocycles. The Labute approximate surface area is 563 Å². The number of nitrogens with zero attached hydrogens (tertiary/aromatic N) is 7. The highest BCUT2D eigenvalue weighted by atomic mass is 35.5. The molecule has 94 heavy (non-hydrogen) atoms. The number of aromatic nitrogens is 6. The first-order valence-electron chi connectivity index (χ1n) is 26.3. The van der Waals surface area contributed by atoms with Crippen molar-refractivity contribution < 1.29 is 79.1 Å². The van der Waals surface area contributed by atoms with Crippen LogP contribution in [0.1, 0.15) is 100 Å². The van der Waals surface area contributed by atoms with Crippen LogP contribution in [0, 0.1) is 13.8 Å². The van der Waals surface area contributed by atoms with Gasteiger partial charge in [0.05, 0.1) is 34.9 Å². The van der Waals surface area contributed by atoms with Gasteiger partial charge in [0.1, 0.15) is 6.29 Å². The van der Waals surface area contributed by atoms with Gasteiger partial charge in [0.25, 0.3) is 0 Å². The molecule has 35 heteroatoms. The van der Waals surface area contributed by atoms with Crippen LogP contribution in [-0.2, 0) is 32.3 Å². The molecule has 7 N–H and O–H groups in total. The molecule has 18 nitrogen and oxygen atoms in total. The zero-order chi connectivity index (χ0) is 64.1. The Morgan fingerprint density at radius 1 is 0.606 bits per heavy atom. The van der Waals surface area contributed by atoms with Crippen LogP contribution in [0.3, 0.4) is 0 Å². The number of aliphatic hydroxyl groups is 1. The van der Waals surface area contributed by atoms with E-state index in [0.717, 1.165) is 129 Å². The molecule has 2 unspecified atom stereocenters. The molecule has 2 aromatic heterocycles. The van der Waals surface area contributed by atoms with Gasteiger partial charge in [-0.2, -0.15) is 39.5 Å². The van der Waals surface area contributed by atoms with E-state index in [4.69, 9.17) is 62.8 Å². The second kappa shape index (κ2) is 44.3. The van der Waals surface area contributed by atoms with Crippen LogP contribution in [0.4, 0.5) is 50.9 Å². The molecular weight excluding hydrogens is 1280 g/mol. The molecule has 0 bridgehead atoms. The van der Waals surface area contributed by atoms with Crippen molar-refractivity contribution in [1.82, 2.24) is 40.2 Å². The number of anilines is 2. The average molecular weight is 1360 g/mol. The van der Waals surface area contributed by atoms with Crippen molar-refractivity contribution in [3.8, 4) is 22.5 Å². The normalized spacial score (nSPS) is 14.6. The number of benzene rings is 4. The highest BCUT2D eigenvalue weighted by Crippen LogP contribution is 2.41. The van der Waals surface area contributed by atoms with Crippen molar-refractivity contribution in [2.75, 3.05) is 50.5 Å². The lowest BCUT2D eigenvalue weighted by atomic mass is 9.90. The van der Waals surface area contributed by atoms with E-state index in [-0.39, 0.29) is 77.4 Å². The van der Waals surface area contributed by atoms with Crippen LogP contribution in [0.2, 0.25) is 10.0 Å². The lowest BCUT2D eigenvalue weighted by Crippen LogP contribution is -2.28. The Morgan fingerprint density at radius 2 is 0.968 bits per heavy atom. The minimum atomic E-state index is -5.08. The topological polar surface area (TPSA) is 250 Å². The number of carboxylic acids is 3. The SMILES string of the molecule is C.C.CC=O.CCN1CC=C(c2ccc3c(c2)C(Nc2cccc(Cl)c2)CCn2nnc(C)c2-3)CC1.CO.Cc1nnn2c1-c1ccc(C3=CCNCC3)cc1C(Nc1cccc(Cl)c1)CC2.O=C(O)C(F)(F)F.O=C(O)C(F)(F)F.O=C(O)C(F)(F)F.[B].[B].[B].[B].[B].[B]. The molecule has 4 aliphatic heterocycles. The molecule has 0 aliphatic carbocycles. The Morgan fingerprint density at radius 3 is 1.27 bits per heavy atom. The molecule has 4 aliphatic rings. The fraction of sp³-hybridized carbons (Fsp3) is 0.390. The van der Waals surface area contributed by atoms with Crippen LogP contribution in [0.5, 0.6) is 0 Å². The molecule has 2 atom stereocenters. The van der Waals surface area contributed by atoms with Gasteiger partial charge in [0.15, 0.2) is 0 Å². The van der Waals surface area contributed by atoms with Crippen molar-refractivity contribution in [1.29, 1.82) is 0 Å². The van der Waals surface area contributed by atoms with Crippen LogP contribution >= 0.6 is 23.2 Å². The van der Waals surface area contributed by atoms with Gasteiger partial charge in [-0.15, -0.1) is 10.2 Å². The smallest absolute Gasteiger partial charge is 0.475 e. The average Bonchev–Trinajstić information content (AvgIpc) is 1.58. The third-order valence-corrected chi connectivity index (χ3v) is 13.5. The van der Waals surface area contributed by atoms with Gasteiger partial charge < -0.3 is 41.2 Å². The van der Waals surface area contributed by atoms with Crippen molar-refractivity contribution in [2.24, 2.45) is 0 Å². The van der Waals surface area contributed by atoms with E-state index < -0.39 is 36.4 Å². The maximum atomic E-state index is 10.6. The third-order valence-electron chi connectivity index (χ3n) is 13.0. The van der Waals surface area contributed by atoms with Crippen LogP contribution in [-0.4, -0.2) is 188 Å². The number of hydrogen-bond acceptors (Lipinski definition) is 13. The molecule has 0 amide bonds. The van der Waals surface area contributed by atoms with Gasteiger partial charge in [-0.05, 0) is 141 Å². The highest BCUT2D eigenvalue weighted by molar-refractivity contribution is 6.31. The maximum absolute atomic E-state index is 10.6. The first-order chi connectivity index (χ1) is 40.5. The van der Waals surface area contributed by atoms with Gasteiger partial charge in [0, 0.05) is 123 Å². The third kappa shape index (κ3) is 28.2. The zero-order valence-electron chi connectivity index (χ0n) is 50.4. The highest BCUT2D eigenvalue weighted by Gasteiger charge is 2.40. The summed E-state index contributed by atoms with van der Waals surface area (Å²) in [6, 6.07) is 30.0. The summed E-state index contributed by atoms with van der Waals surface area (Å²) in [5.41, 5.74) is 16.8. The largest absolute Gasteiger partial charge is 0.490 e. The van der Waals surface area contributed by atoms with Crippen LogP contribution in [0.15, 0.2) is 97.1 Å². The van der Waals surface area contributed by atoms with E-state index >= 15 is 0 Å². The monoisotopic (exact) mass is 1350 g/mol. The summed E-state index contributed by atoms with van der Waals surface area (Å²) in [5, 5.41) is 58.2. The van der Waals surface area contributed by atoms with Gasteiger partial charge in [-0.25, -0.2) is 23.7 Å². The summed E-state index contributed by atoms with van der Waals surface area (Å²) in [5.74, 6) is -8.27. The molecule has 18 radical (unpaired) electrons. The fourth-order valence-corrected chi connectivity index (χ4v) is 9.51. The maximum Gasteiger partial charge on any atom is 0.490 e. The molecule has 0 spiro atoms. The number of nitrogens with one attached hydrogen (secondary N) is 3. The number of carboxylic acid groups (broad SMARTS) is 3. The number of aliphatic carboxylic acids is 3. The number of fused-ring (bicyclic) bond motifs is 6. The Hall–Kier alpha value is -7.46. The molecular formula is C59H71B6Cl2F9N10O8. The summed E-state index contributed by atoms with van der Waals surface area (Å²) in [6.07, 6.45) is -5.79. The molecule has 500 valence electrons. The molecule has 6 heterocycles. The van der Waals surface area contributed by atoms with Gasteiger partial charge >= 0.3 is 36.4 Å². The second-order valence-electron chi connectivity index (χ2n) is 18.8. The van der Waals surface area contributed by atoms with Crippen molar-refractivity contribution >= 4 is 120 Å². The number of halogens is 11. The molecule has 6 aromatic rings. The fourth-order valence-electron chi connectivity index (χ4n) is 9.13. The number of carbonyl (C=O) groups is 4. The van der Waals surface area contributed by atoms with Crippen molar-refractivity contribution in [3.63, 3.8) is 0 Å². The summed E-state index contributed by atoms with van der Waals surface area (Å²) >= 11 is 12.5. The molecule has 0 saturated heterocycles. The van der Waals surface area contributed by atoms with E-state index in [0.29, 0.717) is 0 Å². The lowest BCUT2D eigenvalue weighted by molar-refractivity contribution is -0.193. The first-order valence-corrected chi connectivity index (χ1v) is 27.0. The number of aliphatic hydroxyl groups excluding tert-OH is 1. The number of rotatable bonds is 7. The Balaban J connectivity index is -0.000000387. The lowest BCUT2D eigenvalue weighted by Gasteiger charge is -2.26. The second-order valence-corrected chi connectivity index (χ2v) is 19.7. The number of aryl methyl sites for hydroxylation is 4. The Bertz CT molecular complexity index is 3290. The number of hydrogen-bond donors (Lipinski definition) is 7. The summed E-state index contributed by atoms with van der Waals surface area (Å²) in [7, 11) is 1.00. The number of likely N-dealkylation sites (N-methyl/N-ethyl adjacent to an activating group) is 1. The number of carbonyl (C=O) groups excluding carboxylic acids is 1. The quantitative estimate of drug-likeness (QED) is 0.0446. The van der Waals surface area contributed by atoms with Gasteiger partial charge in [0.2, 0.25) is 0 Å². The van der Waals surface area contributed by atoms with Crippen LogP contribution in [0.25, 0.3) is 33.7 Å². The van der Waals surface area contributed by atoms with E-state index in [1.165, 1.54) is 51.5 Å². The molecule has 10 rings (SSSR count). The minimum Gasteiger partial charge on any atom is -0.475 e. The van der Waals surface area contributed by atoms with E-state index in [1.807, 2.05) is 59.6 Å². The van der Waals surface area contributed by atoms with Crippen molar-refractivity contribution in [3.05, 3.63) is 141 Å². The van der Waals surface area contributed by atoms with Crippen LogP contribution < -0.4 is 16.0 Å². The van der Waals surface area contributed by atoms with E-state index in [1.54, 1.807) is 0 Å². The summed E-state index contributed by atoms with van der Waals surface area (Å²) in [6.45, 7) is 14.6.